The van der Waals surface area contributed by atoms with Crippen LogP contribution in [0.4, 0.5) is 4.39 Å². The Labute approximate surface area is 156 Å². The minimum Gasteiger partial charge on any atom is -0.340 e. The minimum atomic E-state index is -0.551. The van der Waals surface area contributed by atoms with E-state index in [-0.39, 0.29) is 22.8 Å². The van der Waals surface area contributed by atoms with Gasteiger partial charge in [0.2, 0.25) is 5.91 Å². The summed E-state index contributed by atoms with van der Waals surface area (Å²) in [5, 5.41) is 8.77. The van der Waals surface area contributed by atoms with E-state index in [1.165, 1.54) is 12.1 Å². The molecule has 2 aromatic rings. The molecule has 1 aliphatic rings. The maximum absolute atomic E-state index is 13.9. The van der Waals surface area contributed by atoms with E-state index in [1.54, 1.807) is 24.0 Å². The van der Waals surface area contributed by atoms with Crippen LogP contribution in [-0.2, 0) is 4.79 Å². The number of benzene rings is 1. The lowest BCUT2D eigenvalue weighted by molar-refractivity contribution is -0.134. The van der Waals surface area contributed by atoms with E-state index in [1.807, 2.05) is 24.1 Å². The van der Waals surface area contributed by atoms with E-state index in [0.717, 1.165) is 31.6 Å². The zero-order valence-corrected chi connectivity index (χ0v) is 15.6. The number of thioether (sulfide) groups is 1. The lowest BCUT2D eigenvalue weighted by Gasteiger charge is -2.36. The first-order chi connectivity index (χ1) is 12.5. The van der Waals surface area contributed by atoms with Crippen LogP contribution in [0.3, 0.4) is 0 Å². The molecule has 1 fully saturated rings. The summed E-state index contributed by atoms with van der Waals surface area (Å²) in [5.74, 6) is 0.306. The Morgan fingerprint density at radius 3 is 3.00 bits per heavy atom. The Balaban J connectivity index is 1.87. The summed E-state index contributed by atoms with van der Waals surface area (Å²) in [5.41, 5.74) is 1.33. The smallest absolute Gasteiger partial charge is 0.236 e. The molecule has 0 aliphatic carbocycles. The van der Waals surface area contributed by atoms with Crippen LogP contribution in [0.25, 0.3) is 11.3 Å². The Bertz CT molecular complexity index is 844. The van der Waals surface area contributed by atoms with E-state index < -0.39 is 5.82 Å². The van der Waals surface area contributed by atoms with Crippen molar-refractivity contribution in [2.24, 2.45) is 0 Å². The van der Waals surface area contributed by atoms with Crippen molar-refractivity contribution in [3.63, 3.8) is 0 Å². The molecule has 0 bridgehead atoms. The highest BCUT2D eigenvalue weighted by atomic mass is 32.2. The van der Waals surface area contributed by atoms with Gasteiger partial charge in [-0.05, 0) is 44.6 Å². The summed E-state index contributed by atoms with van der Waals surface area (Å²) < 4.78 is 13.9. The Kier molecular flexibility index (Phi) is 5.62. The highest BCUT2D eigenvalue weighted by molar-refractivity contribution is 7.99. The molecule has 7 heteroatoms. The monoisotopic (exact) mass is 372 g/mol. The average Bonchev–Trinajstić information content (AvgIpc) is 3.16. The summed E-state index contributed by atoms with van der Waals surface area (Å²) in [6.07, 6.45) is 6.50. The molecule has 3 rings (SSSR count). The number of carbonyl (C=O) groups is 1. The van der Waals surface area contributed by atoms with Gasteiger partial charge < -0.3 is 9.88 Å². The van der Waals surface area contributed by atoms with Gasteiger partial charge in [-0.1, -0.05) is 6.07 Å². The zero-order chi connectivity index (χ0) is 18.7. The molecule has 2 atom stereocenters. The third kappa shape index (κ3) is 3.61. The van der Waals surface area contributed by atoms with Crippen molar-refractivity contribution < 1.29 is 9.18 Å². The molecule has 5 nitrogen and oxygen atoms in total. The first-order valence-corrected chi connectivity index (χ1v) is 9.92. The van der Waals surface area contributed by atoms with Crippen molar-refractivity contribution >= 4 is 17.7 Å². The number of imidazole rings is 1. The number of hydrogen-bond donors (Lipinski definition) is 1. The molecule has 1 amide bonds. The summed E-state index contributed by atoms with van der Waals surface area (Å²) in [4.78, 5) is 22.3. The first kappa shape index (κ1) is 18.5. The van der Waals surface area contributed by atoms with E-state index >= 15 is 0 Å². The van der Waals surface area contributed by atoms with Crippen molar-refractivity contribution in [1.29, 1.82) is 5.26 Å². The number of aromatic amines is 1. The van der Waals surface area contributed by atoms with Crippen LogP contribution in [0.1, 0.15) is 43.6 Å². The highest BCUT2D eigenvalue weighted by Gasteiger charge is 2.32. The van der Waals surface area contributed by atoms with E-state index in [2.05, 4.69) is 9.97 Å². The number of amides is 1. The number of halogens is 1. The molecule has 1 saturated heterocycles. The van der Waals surface area contributed by atoms with Gasteiger partial charge in [0.25, 0.3) is 0 Å². The van der Waals surface area contributed by atoms with Gasteiger partial charge in [0.1, 0.15) is 17.7 Å². The lowest BCUT2D eigenvalue weighted by Crippen LogP contribution is -2.42. The lowest BCUT2D eigenvalue weighted by atomic mass is 10.0. The molecule has 1 aliphatic heterocycles. The summed E-state index contributed by atoms with van der Waals surface area (Å²) in [6, 6.07) is 6.22. The molecule has 2 unspecified atom stereocenters. The SMILES string of the molecule is CSC(C)C(=O)N1CCCCC1c1ncc(-c2ccc(C#N)c(F)c2)[nH]1. The van der Waals surface area contributed by atoms with Gasteiger partial charge in [-0.15, -0.1) is 0 Å². The fraction of sp³-hybridized carbons (Fsp3) is 0.421. The molecule has 136 valence electrons. The number of likely N-dealkylation sites (tertiary alicyclic amines) is 1. The van der Waals surface area contributed by atoms with Gasteiger partial charge in [0.05, 0.1) is 28.7 Å². The third-order valence-electron chi connectivity index (χ3n) is 4.80. The van der Waals surface area contributed by atoms with E-state index in [4.69, 9.17) is 5.26 Å². The number of rotatable bonds is 4. The van der Waals surface area contributed by atoms with Crippen LogP contribution >= 0.6 is 11.8 Å². The van der Waals surface area contributed by atoms with E-state index in [9.17, 15) is 9.18 Å². The number of aromatic nitrogens is 2. The molecular formula is C19H21FN4OS. The number of nitrogens with one attached hydrogen (secondary N) is 1. The summed E-state index contributed by atoms with van der Waals surface area (Å²) in [7, 11) is 0. The second-order valence-corrected chi connectivity index (χ2v) is 7.59. The van der Waals surface area contributed by atoms with Crippen LogP contribution in [0, 0.1) is 17.1 Å². The fourth-order valence-electron chi connectivity index (χ4n) is 3.24. The number of H-pyrrole nitrogens is 1. The van der Waals surface area contributed by atoms with Crippen molar-refractivity contribution in [2.75, 3.05) is 12.8 Å². The number of carbonyl (C=O) groups excluding carboxylic acids is 1. The molecule has 0 radical (unpaired) electrons. The third-order valence-corrected chi connectivity index (χ3v) is 5.71. The summed E-state index contributed by atoms with van der Waals surface area (Å²) in [6.45, 7) is 2.65. The van der Waals surface area contributed by atoms with Crippen molar-refractivity contribution in [1.82, 2.24) is 14.9 Å². The molecule has 2 heterocycles. The standard InChI is InChI=1S/C19H21FN4OS/c1-12(26-2)19(25)24-8-4-3-5-17(24)18-22-11-16(23-18)13-6-7-14(10-21)15(20)9-13/h6-7,9,11-12,17H,3-5,8H2,1-2H3,(H,22,23). The van der Waals surface area contributed by atoms with Crippen molar-refractivity contribution in [3.8, 4) is 17.3 Å². The average molecular weight is 372 g/mol. The van der Waals surface area contributed by atoms with Crippen molar-refractivity contribution in [2.45, 2.75) is 37.5 Å². The second-order valence-electron chi connectivity index (χ2n) is 6.41. The predicted octanol–water partition coefficient (Wildman–Crippen LogP) is 3.89. The van der Waals surface area contributed by atoms with Gasteiger partial charge in [-0.25, -0.2) is 9.37 Å². The second kappa shape index (κ2) is 7.92. The minimum absolute atomic E-state index is 0.0172. The molecule has 0 spiro atoms. The maximum Gasteiger partial charge on any atom is 0.236 e. The van der Waals surface area contributed by atoms with Crippen LogP contribution in [0.2, 0.25) is 0 Å². The normalized spacial score (nSPS) is 18.4. The zero-order valence-electron chi connectivity index (χ0n) is 14.8. The van der Waals surface area contributed by atoms with Gasteiger partial charge >= 0.3 is 0 Å². The maximum atomic E-state index is 13.9. The van der Waals surface area contributed by atoms with Crippen LogP contribution < -0.4 is 0 Å². The number of piperidine rings is 1. The first-order valence-electron chi connectivity index (χ1n) is 8.63. The Morgan fingerprint density at radius 2 is 2.31 bits per heavy atom. The molecule has 1 aromatic carbocycles. The molecule has 1 aromatic heterocycles. The molecule has 1 N–H and O–H groups in total. The molecule has 0 saturated carbocycles. The van der Waals surface area contributed by atoms with Gasteiger partial charge in [0.15, 0.2) is 0 Å². The van der Waals surface area contributed by atoms with Gasteiger partial charge in [0, 0.05) is 12.1 Å². The predicted molar refractivity (Wildman–Crippen MR) is 100.0 cm³/mol. The molecule has 26 heavy (non-hydrogen) atoms. The van der Waals surface area contributed by atoms with Crippen LogP contribution in [0.5, 0.6) is 0 Å². The topological polar surface area (TPSA) is 72.8 Å². The fourth-order valence-corrected chi connectivity index (χ4v) is 3.58. The quantitative estimate of drug-likeness (QED) is 0.884. The number of nitriles is 1. The number of nitrogens with zero attached hydrogens (tertiary/aromatic N) is 3. The highest BCUT2D eigenvalue weighted by Crippen LogP contribution is 2.32. The van der Waals surface area contributed by atoms with Gasteiger partial charge in [-0.2, -0.15) is 17.0 Å². The summed E-state index contributed by atoms with van der Waals surface area (Å²) >= 11 is 1.54. The molecular weight excluding hydrogens is 351 g/mol. The Hall–Kier alpha value is -2.33. The van der Waals surface area contributed by atoms with E-state index in [0.29, 0.717) is 11.3 Å². The van der Waals surface area contributed by atoms with Crippen LogP contribution in [0.15, 0.2) is 24.4 Å². The van der Waals surface area contributed by atoms with Crippen LogP contribution in [-0.4, -0.2) is 38.8 Å². The Morgan fingerprint density at radius 1 is 1.50 bits per heavy atom. The largest absolute Gasteiger partial charge is 0.340 e. The van der Waals surface area contributed by atoms with Gasteiger partial charge in [-0.3, -0.25) is 4.79 Å². The van der Waals surface area contributed by atoms with Crippen molar-refractivity contribution in [3.05, 3.63) is 41.6 Å². The number of hydrogen-bond acceptors (Lipinski definition) is 4.